The number of hydrogen-bond donors (Lipinski definition) is 4. The van der Waals surface area contributed by atoms with Crippen LogP contribution in [0.25, 0.3) is 0 Å². The van der Waals surface area contributed by atoms with E-state index >= 15 is 0 Å². The highest BCUT2D eigenvalue weighted by atomic mass is 16.4. The lowest BCUT2D eigenvalue weighted by molar-refractivity contribution is -0.131. The minimum atomic E-state index is -1.56. The number of carbonyl (C=O) groups is 5. The Morgan fingerprint density at radius 3 is 0.885 bits per heavy atom. The Morgan fingerprint density at radius 2 is 0.692 bits per heavy atom. The molecule has 4 N–H and O–H groups in total. The molecular weight excluding hydrogens is 348 g/mol. The van der Waals surface area contributed by atoms with Crippen molar-refractivity contribution >= 4 is 29.7 Å². The number of rotatable bonds is 5. The van der Waals surface area contributed by atoms with Crippen LogP contribution in [-0.2, 0) is 4.79 Å². The monoisotopic (exact) mass is 360 g/mol. The molecule has 2 aromatic carbocycles. The molecule has 2 aromatic rings. The summed E-state index contributed by atoms with van der Waals surface area (Å²) < 4.78 is 0. The van der Waals surface area contributed by atoms with Gasteiger partial charge >= 0.3 is 23.9 Å². The van der Waals surface area contributed by atoms with Crippen LogP contribution < -0.4 is 0 Å². The first-order chi connectivity index (χ1) is 12.1. The van der Waals surface area contributed by atoms with Gasteiger partial charge in [-0.1, -0.05) is 0 Å². The van der Waals surface area contributed by atoms with E-state index in [1.54, 1.807) is 0 Å². The van der Waals surface area contributed by atoms with Crippen LogP contribution in [0.5, 0.6) is 0 Å². The van der Waals surface area contributed by atoms with Gasteiger partial charge in [0, 0.05) is 5.56 Å². The maximum Gasteiger partial charge on any atom is 0.377 e. The van der Waals surface area contributed by atoms with Crippen LogP contribution in [0.15, 0.2) is 48.5 Å². The lowest BCUT2D eigenvalue weighted by Crippen LogP contribution is -2.12. The van der Waals surface area contributed by atoms with Gasteiger partial charge in [0.1, 0.15) is 0 Å². The Hall–Kier alpha value is -4.01. The second-order valence-electron chi connectivity index (χ2n) is 4.70. The number of hydrogen-bond acceptors (Lipinski definition) is 5. The van der Waals surface area contributed by atoms with Gasteiger partial charge in [-0.3, -0.25) is 4.79 Å². The van der Waals surface area contributed by atoms with E-state index in [-0.39, 0.29) is 22.3 Å². The smallest absolute Gasteiger partial charge is 0.377 e. The Labute approximate surface area is 145 Å². The molecule has 2 rings (SSSR count). The number of Topliss-reactive ketones (excluding diaryl/α,β-unsaturated/α-hetero) is 1. The molecule has 0 aliphatic heterocycles. The van der Waals surface area contributed by atoms with Gasteiger partial charge in [0.25, 0.3) is 5.78 Å². The van der Waals surface area contributed by atoms with Gasteiger partial charge in [0.05, 0.1) is 16.7 Å². The number of aromatic carboxylic acids is 3. The van der Waals surface area contributed by atoms with Gasteiger partial charge in [-0.25, -0.2) is 19.2 Å². The summed E-state index contributed by atoms with van der Waals surface area (Å²) in [4.78, 5) is 52.2. The summed E-state index contributed by atoms with van der Waals surface area (Å²) in [5, 5.41) is 33.8. The van der Waals surface area contributed by atoms with E-state index in [4.69, 9.17) is 20.4 Å². The molecule has 9 nitrogen and oxygen atoms in total. The number of benzene rings is 2. The summed E-state index contributed by atoms with van der Waals surface area (Å²) >= 11 is 0. The van der Waals surface area contributed by atoms with Crippen molar-refractivity contribution in [2.75, 3.05) is 0 Å². The fourth-order valence-corrected chi connectivity index (χ4v) is 1.64. The van der Waals surface area contributed by atoms with E-state index in [1.807, 2.05) is 0 Å². The van der Waals surface area contributed by atoms with Crippen molar-refractivity contribution in [1.29, 1.82) is 0 Å². The Kier molecular flexibility index (Phi) is 6.73. The quantitative estimate of drug-likeness (QED) is 0.458. The summed E-state index contributed by atoms with van der Waals surface area (Å²) in [6.45, 7) is 0. The summed E-state index contributed by atoms with van der Waals surface area (Å²) in [6, 6.07) is 9.71. The van der Waals surface area contributed by atoms with Gasteiger partial charge in [-0.2, -0.15) is 0 Å². The molecule has 0 bridgehead atoms. The van der Waals surface area contributed by atoms with Crippen LogP contribution in [0.3, 0.4) is 0 Å². The fourth-order valence-electron chi connectivity index (χ4n) is 1.64. The molecule has 0 saturated carbocycles. The lowest BCUT2D eigenvalue weighted by atomic mass is 10.1. The van der Waals surface area contributed by atoms with Crippen molar-refractivity contribution < 1.29 is 44.4 Å². The number of carbonyl (C=O) groups excluding carboxylic acids is 1. The predicted molar refractivity (Wildman–Crippen MR) is 85.7 cm³/mol. The molecule has 0 aliphatic rings. The van der Waals surface area contributed by atoms with Crippen molar-refractivity contribution in [3.05, 3.63) is 70.8 Å². The molecule has 0 heterocycles. The molecular formula is C17H12O9. The highest BCUT2D eigenvalue weighted by Crippen LogP contribution is 2.05. The van der Waals surface area contributed by atoms with Crippen LogP contribution >= 0.6 is 0 Å². The molecule has 0 spiro atoms. The van der Waals surface area contributed by atoms with Crippen LogP contribution in [0.4, 0.5) is 0 Å². The number of carboxylic acid groups (broad SMARTS) is 4. The van der Waals surface area contributed by atoms with Crippen molar-refractivity contribution in [3.8, 4) is 0 Å². The van der Waals surface area contributed by atoms with Crippen LogP contribution in [0.2, 0.25) is 0 Å². The Balaban J connectivity index is 0.000000263. The van der Waals surface area contributed by atoms with Gasteiger partial charge < -0.3 is 20.4 Å². The largest absolute Gasteiger partial charge is 0.478 e. The number of carboxylic acids is 4. The van der Waals surface area contributed by atoms with Gasteiger partial charge in [0.15, 0.2) is 0 Å². The first-order valence-corrected chi connectivity index (χ1v) is 6.81. The first kappa shape index (κ1) is 20.0. The summed E-state index contributed by atoms with van der Waals surface area (Å²) in [5.74, 6) is -5.87. The van der Waals surface area contributed by atoms with Crippen molar-refractivity contribution in [1.82, 2.24) is 0 Å². The lowest BCUT2D eigenvalue weighted by Gasteiger charge is -1.96. The highest BCUT2D eigenvalue weighted by molar-refractivity contribution is 6.39. The molecule has 0 saturated heterocycles. The normalized spacial score (nSPS) is 9.38. The zero-order valence-corrected chi connectivity index (χ0v) is 12.9. The van der Waals surface area contributed by atoms with Crippen LogP contribution in [-0.4, -0.2) is 50.1 Å². The highest BCUT2D eigenvalue weighted by Gasteiger charge is 2.14. The van der Waals surface area contributed by atoms with Crippen molar-refractivity contribution in [2.24, 2.45) is 0 Å². The summed E-state index contributed by atoms with van der Waals surface area (Å²) in [6.07, 6.45) is 0. The minimum Gasteiger partial charge on any atom is -0.478 e. The van der Waals surface area contributed by atoms with Gasteiger partial charge in [-0.05, 0) is 48.5 Å². The van der Waals surface area contributed by atoms with Gasteiger partial charge in [0.2, 0.25) is 0 Å². The fraction of sp³-hybridized carbons (Fsp3) is 0. The van der Waals surface area contributed by atoms with E-state index in [2.05, 4.69) is 0 Å². The molecule has 0 fully saturated rings. The molecule has 0 amide bonds. The van der Waals surface area contributed by atoms with Crippen molar-refractivity contribution in [2.45, 2.75) is 0 Å². The zero-order valence-electron chi connectivity index (χ0n) is 12.9. The van der Waals surface area contributed by atoms with E-state index in [9.17, 15) is 24.0 Å². The third kappa shape index (κ3) is 5.57. The van der Waals surface area contributed by atoms with E-state index < -0.39 is 29.7 Å². The topological polar surface area (TPSA) is 166 Å². The SMILES string of the molecule is O=C(O)C(=O)c1ccc(C(=O)O)cc1.O=C(O)c1ccc(C(=O)O)cc1. The second kappa shape index (κ2) is 8.73. The third-order valence-corrected chi connectivity index (χ3v) is 2.97. The maximum atomic E-state index is 10.9. The Morgan fingerprint density at radius 1 is 0.462 bits per heavy atom. The molecule has 0 unspecified atom stereocenters. The summed E-state index contributed by atoms with van der Waals surface area (Å²) in [5.41, 5.74) is 0.134. The van der Waals surface area contributed by atoms with Gasteiger partial charge in [-0.15, -0.1) is 0 Å². The molecule has 0 aliphatic carbocycles. The van der Waals surface area contributed by atoms with E-state index in [0.29, 0.717) is 0 Å². The van der Waals surface area contributed by atoms with Crippen LogP contribution in [0, 0.1) is 0 Å². The standard InChI is InChI=1S/C9H6O5.C8H6O4/c10-7(9(13)14)5-1-3-6(4-2-5)8(11)12;9-7(10)5-1-2-6(4-3-5)8(11)12/h1-4H,(H,11,12)(H,13,14);1-4H,(H,9,10)(H,11,12). The first-order valence-electron chi connectivity index (χ1n) is 6.81. The average molecular weight is 360 g/mol. The summed E-state index contributed by atoms with van der Waals surface area (Å²) in [7, 11) is 0. The molecule has 0 radical (unpaired) electrons. The second-order valence-corrected chi connectivity index (χ2v) is 4.70. The van der Waals surface area contributed by atoms with E-state index in [1.165, 1.54) is 48.5 Å². The molecule has 134 valence electrons. The predicted octanol–water partition coefficient (Wildman–Crippen LogP) is 1.74. The molecule has 26 heavy (non-hydrogen) atoms. The average Bonchev–Trinajstić information content (AvgIpc) is 2.61. The zero-order chi connectivity index (χ0) is 19.9. The molecule has 0 atom stereocenters. The maximum absolute atomic E-state index is 10.9. The number of aliphatic carboxylic acids is 1. The molecule has 9 heteroatoms. The molecule has 0 aromatic heterocycles. The third-order valence-electron chi connectivity index (χ3n) is 2.97. The van der Waals surface area contributed by atoms with E-state index in [0.717, 1.165) is 0 Å². The van der Waals surface area contributed by atoms with Crippen LogP contribution in [0.1, 0.15) is 41.4 Å². The Bertz CT molecular complexity index is 816. The van der Waals surface area contributed by atoms with Crippen molar-refractivity contribution in [3.63, 3.8) is 0 Å². The minimum absolute atomic E-state index is 0.00642. The number of ketones is 1.